The van der Waals surface area contributed by atoms with Gasteiger partial charge < -0.3 is 14.8 Å². The molecule has 0 aliphatic carbocycles. The molecule has 1 aliphatic heterocycles. The van der Waals surface area contributed by atoms with Crippen molar-refractivity contribution in [3.05, 3.63) is 28.7 Å². The van der Waals surface area contributed by atoms with Gasteiger partial charge in [-0.1, -0.05) is 19.1 Å². The van der Waals surface area contributed by atoms with Crippen LogP contribution in [0.1, 0.15) is 20.3 Å². The van der Waals surface area contributed by atoms with Crippen molar-refractivity contribution in [1.29, 1.82) is 0 Å². The number of ether oxygens (including phenoxy) is 2. The molecule has 1 amide bonds. The minimum absolute atomic E-state index is 0.0574. The van der Waals surface area contributed by atoms with Gasteiger partial charge in [0.1, 0.15) is 11.0 Å². The minimum atomic E-state index is -0.218. The Labute approximate surface area is 148 Å². The van der Waals surface area contributed by atoms with Crippen LogP contribution < -0.4 is 10.1 Å². The molecule has 0 radical (unpaired) electrons. The third-order valence-electron chi connectivity index (χ3n) is 3.45. The second kappa shape index (κ2) is 8.59. The van der Waals surface area contributed by atoms with Gasteiger partial charge in [0.2, 0.25) is 0 Å². The summed E-state index contributed by atoms with van der Waals surface area (Å²) >= 11 is 4.82. The lowest BCUT2D eigenvalue weighted by molar-refractivity contribution is -0.143. The third kappa shape index (κ3) is 5.14. The Hall–Kier alpha value is -1.21. The number of nitrogens with one attached hydrogen (secondary N) is 1. The van der Waals surface area contributed by atoms with Gasteiger partial charge in [0.15, 0.2) is 6.61 Å². The highest BCUT2D eigenvalue weighted by Crippen LogP contribution is 2.37. The van der Waals surface area contributed by atoms with Crippen LogP contribution in [0.4, 0.5) is 0 Å². The van der Waals surface area contributed by atoms with Crippen LogP contribution in [0.25, 0.3) is 0 Å². The Balaban J connectivity index is 1.80. The Kier molecular flexibility index (Phi) is 6.77. The summed E-state index contributed by atoms with van der Waals surface area (Å²) in [4.78, 5) is 23.9. The van der Waals surface area contributed by atoms with Crippen LogP contribution in [-0.4, -0.2) is 35.7 Å². The lowest BCUT2D eigenvalue weighted by Crippen LogP contribution is -2.35. The first-order valence-corrected chi connectivity index (χ1v) is 9.23. The molecule has 126 valence electrons. The maximum absolute atomic E-state index is 12.0. The predicted molar refractivity (Wildman–Crippen MR) is 93.4 cm³/mol. The Morgan fingerprint density at radius 1 is 1.39 bits per heavy atom. The van der Waals surface area contributed by atoms with Crippen LogP contribution in [0.3, 0.4) is 0 Å². The molecule has 1 saturated heterocycles. The van der Waals surface area contributed by atoms with Gasteiger partial charge in [0.05, 0.1) is 16.5 Å². The lowest BCUT2D eigenvalue weighted by atomic mass is 10.0. The number of carbonyl (C=O) groups is 2. The van der Waals surface area contributed by atoms with E-state index in [1.165, 1.54) is 11.8 Å². The van der Waals surface area contributed by atoms with E-state index in [1.807, 2.05) is 25.1 Å². The number of amides is 1. The average molecular weight is 402 g/mol. The number of hydrogen-bond donors (Lipinski definition) is 1. The summed E-state index contributed by atoms with van der Waals surface area (Å²) in [5.41, 5.74) is 0. The van der Waals surface area contributed by atoms with Crippen molar-refractivity contribution >= 4 is 39.6 Å². The zero-order chi connectivity index (χ0) is 16.8. The molecule has 1 heterocycles. The first kappa shape index (κ1) is 18.1. The van der Waals surface area contributed by atoms with E-state index in [1.54, 1.807) is 13.0 Å². The highest BCUT2D eigenvalue weighted by Gasteiger charge is 2.38. The molecular formula is C16H20BrNO4S. The summed E-state index contributed by atoms with van der Waals surface area (Å²) in [5, 5.41) is 2.60. The summed E-state index contributed by atoms with van der Waals surface area (Å²) in [6, 6.07) is 7.37. The van der Waals surface area contributed by atoms with Gasteiger partial charge in [-0.25, -0.2) is 0 Å². The molecule has 1 N–H and O–H groups in total. The fourth-order valence-corrected chi connectivity index (χ4v) is 4.29. The summed E-state index contributed by atoms with van der Waals surface area (Å²) < 4.78 is 11.4. The van der Waals surface area contributed by atoms with Crippen molar-refractivity contribution in [2.24, 2.45) is 5.92 Å². The zero-order valence-corrected chi connectivity index (χ0v) is 15.5. The van der Waals surface area contributed by atoms with Gasteiger partial charge in [-0.3, -0.25) is 9.59 Å². The number of halogens is 1. The first-order chi connectivity index (χ1) is 11.0. The van der Waals surface area contributed by atoms with E-state index < -0.39 is 0 Å². The van der Waals surface area contributed by atoms with Gasteiger partial charge in [-0.2, -0.15) is 0 Å². The maximum atomic E-state index is 12.0. The summed E-state index contributed by atoms with van der Waals surface area (Å²) in [6.07, 6.45) is 0.745. The highest BCUT2D eigenvalue weighted by atomic mass is 79.9. The number of benzene rings is 1. The first-order valence-electron chi connectivity index (χ1n) is 7.50. The highest BCUT2D eigenvalue weighted by molar-refractivity contribution is 9.10. The van der Waals surface area contributed by atoms with Crippen molar-refractivity contribution in [2.75, 3.05) is 13.2 Å². The fraction of sp³-hybridized carbons (Fsp3) is 0.500. The molecule has 7 heteroatoms. The molecule has 0 saturated carbocycles. The van der Waals surface area contributed by atoms with Gasteiger partial charge in [0, 0.05) is 0 Å². The van der Waals surface area contributed by atoms with Gasteiger partial charge in [0.25, 0.3) is 5.91 Å². The molecule has 0 bridgehead atoms. The largest absolute Gasteiger partial charge is 0.483 e. The SMILES string of the molecule is CCOC(=O)C1SC(NC(=O)COc2ccccc2Br)CC1C. The van der Waals surface area contributed by atoms with Gasteiger partial charge in [-0.15, -0.1) is 11.8 Å². The third-order valence-corrected chi connectivity index (χ3v) is 5.69. The molecule has 0 spiro atoms. The van der Waals surface area contributed by atoms with Crippen molar-refractivity contribution in [1.82, 2.24) is 5.32 Å². The Morgan fingerprint density at radius 3 is 2.83 bits per heavy atom. The van der Waals surface area contributed by atoms with E-state index in [2.05, 4.69) is 21.2 Å². The second-order valence-electron chi connectivity index (χ2n) is 5.30. The predicted octanol–water partition coefficient (Wildman–Crippen LogP) is 2.97. The monoisotopic (exact) mass is 401 g/mol. The lowest BCUT2D eigenvalue weighted by Gasteiger charge is -2.14. The van der Waals surface area contributed by atoms with E-state index in [-0.39, 0.29) is 35.0 Å². The number of thioether (sulfide) groups is 1. The molecule has 3 atom stereocenters. The molecule has 1 aromatic rings. The van der Waals surface area contributed by atoms with Crippen molar-refractivity contribution < 1.29 is 19.1 Å². The zero-order valence-electron chi connectivity index (χ0n) is 13.1. The van der Waals surface area contributed by atoms with Crippen molar-refractivity contribution in [3.63, 3.8) is 0 Å². The summed E-state index contributed by atoms with van der Waals surface area (Å²) in [6.45, 7) is 4.11. The number of rotatable bonds is 6. The Morgan fingerprint density at radius 2 is 2.13 bits per heavy atom. The van der Waals surface area contributed by atoms with Crippen LogP contribution >= 0.6 is 27.7 Å². The summed E-state index contributed by atoms with van der Waals surface area (Å²) in [5.74, 6) is 0.397. The van der Waals surface area contributed by atoms with E-state index >= 15 is 0 Å². The molecule has 1 aliphatic rings. The quantitative estimate of drug-likeness (QED) is 0.742. The van der Waals surface area contributed by atoms with Crippen LogP contribution in [-0.2, 0) is 14.3 Å². The molecule has 1 aromatic carbocycles. The fourth-order valence-electron chi connectivity index (χ4n) is 2.36. The van der Waals surface area contributed by atoms with E-state index in [0.717, 1.165) is 10.9 Å². The smallest absolute Gasteiger partial charge is 0.319 e. The van der Waals surface area contributed by atoms with Crippen LogP contribution in [0.15, 0.2) is 28.7 Å². The Bertz CT molecular complexity index is 569. The molecule has 3 unspecified atom stereocenters. The summed E-state index contributed by atoms with van der Waals surface area (Å²) in [7, 11) is 0. The van der Waals surface area contributed by atoms with E-state index in [9.17, 15) is 9.59 Å². The van der Waals surface area contributed by atoms with E-state index in [4.69, 9.17) is 9.47 Å². The second-order valence-corrected chi connectivity index (χ2v) is 7.50. The topological polar surface area (TPSA) is 64.6 Å². The normalized spacial score (nSPS) is 23.3. The number of hydrogen-bond acceptors (Lipinski definition) is 5. The minimum Gasteiger partial charge on any atom is -0.483 e. The molecule has 0 aromatic heterocycles. The standard InChI is InChI=1S/C16H20BrNO4S/c1-3-21-16(20)15-10(2)8-14(23-15)18-13(19)9-22-12-7-5-4-6-11(12)17/h4-7,10,14-15H,3,8-9H2,1-2H3,(H,18,19). The van der Waals surface area contributed by atoms with Gasteiger partial charge in [-0.05, 0) is 47.3 Å². The number of esters is 1. The average Bonchev–Trinajstić information content (AvgIpc) is 2.87. The molecule has 1 fully saturated rings. The number of carbonyl (C=O) groups excluding carboxylic acids is 2. The maximum Gasteiger partial charge on any atom is 0.319 e. The molecule has 23 heavy (non-hydrogen) atoms. The van der Waals surface area contributed by atoms with Crippen LogP contribution in [0.5, 0.6) is 5.75 Å². The van der Waals surface area contributed by atoms with Crippen LogP contribution in [0, 0.1) is 5.92 Å². The van der Waals surface area contributed by atoms with Crippen LogP contribution in [0.2, 0.25) is 0 Å². The molecular weight excluding hydrogens is 382 g/mol. The number of para-hydroxylation sites is 1. The van der Waals surface area contributed by atoms with Crippen molar-refractivity contribution in [2.45, 2.75) is 30.9 Å². The van der Waals surface area contributed by atoms with E-state index in [0.29, 0.717) is 12.4 Å². The van der Waals surface area contributed by atoms with Gasteiger partial charge >= 0.3 is 5.97 Å². The van der Waals surface area contributed by atoms with Crippen molar-refractivity contribution in [3.8, 4) is 5.75 Å². The molecule has 5 nitrogen and oxygen atoms in total. The molecule has 2 rings (SSSR count).